The molecular formula is C22H29N3O2. The Morgan fingerprint density at radius 2 is 2.00 bits per heavy atom. The summed E-state index contributed by atoms with van der Waals surface area (Å²) in [5.74, 6) is 1.24. The van der Waals surface area contributed by atoms with Crippen molar-refractivity contribution in [2.45, 2.75) is 46.1 Å². The van der Waals surface area contributed by atoms with E-state index in [9.17, 15) is 4.79 Å². The van der Waals surface area contributed by atoms with Gasteiger partial charge in [-0.05, 0) is 39.2 Å². The lowest BCUT2D eigenvalue weighted by Crippen LogP contribution is -2.50. The van der Waals surface area contributed by atoms with Crippen molar-refractivity contribution < 1.29 is 9.32 Å². The molecule has 2 aromatic rings. The molecule has 0 N–H and O–H groups in total. The number of aromatic nitrogens is 1. The topological polar surface area (TPSA) is 49.6 Å². The van der Waals surface area contributed by atoms with Gasteiger partial charge in [0.2, 0.25) is 5.91 Å². The Kier molecular flexibility index (Phi) is 5.04. The quantitative estimate of drug-likeness (QED) is 0.805. The predicted octanol–water partition coefficient (Wildman–Crippen LogP) is 3.87. The molecule has 5 heteroatoms. The second kappa shape index (κ2) is 7.47. The number of nitrogens with zero attached hydrogens (tertiary/aromatic N) is 3. The maximum absolute atomic E-state index is 13.0. The Morgan fingerprint density at radius 1 is 1.19 bits per heavy atom. The summed E-state index contributed by atoms with van der Waals surface area (Å²) in [6.07, 6.45) is 4.14. The van der Waals surface area contributed by atoms with Crippen LogP contribution >= 0.6 is 0 Å². The second-order valence-electron chi connectivity index (χ2n) is 8.18. The standard InChI is InChI=1S/C22H29N3O2/c1-3-11-25-12-4-9-22(21(25)26)10-13-24(16-22)15-19-14-20(23-27-19)18-7-5-17(2)6-8-18/h5-8,14H,3-4,9-13,15-16H2,1-2H3/t22-/m0/s1. The summed E-state index contributed by atoms with van der Waals surface area (Å²) in [4.78, 5) is 17.5. The van der Waals surface area contributed by atoms with E-state index >= 15 is 0 Å². The molecule has 1 aromatic heterocycles. The van der Waals surface area contributed by atoms with Gasteiger partial charge in [0.25, 0.3) is 0 Å². The highest BCUT2D eigenvalue weighted by molar-refractivity contribution is 5.84. The SMILES string of the molecule is CCCN1CCC[C@@]2(CCN(Cc3cc(-c4ccc(C)cc4)no3)C2)C1=O. The zero-order valence-electron chi connectivity index (χ0n) is 16.4. The number of amides is 1. The van der Waals surface area contributed by atoms with E-state index in [1.165, 1.54) is 5.56 Å². The first-order valence-electron chi connectivity index (χ1n) is 10.1. The largest absolute Gasteiger partial charge is 0.359 e. The number of rotatable bonds is 5. The zero-order chi connectivity index (χ0) is 18.9. The Balaban J connectivity index is 1.41. The first-order chi connectivity index (χ1) is 13.1. The van der Waals surface area contributed by atoms with E-state index in [0.29, 0.717) is 5.91 Å². The van der Waals surface area contributed by atoms with Crippen LogP contribution in [0.5, 0.6) is 0 Å². The van der Waals surface area contributed by atoms with Crippen LogP contribution in [0, 0.1) is 12.3 Å². The summed E-state index contributed by atoms with van der Waals surface area (Å²) in [6.45, 7) is 8.56. The van der Waals surface area contributed by atoms with Crippen LogP contribution in [0.4, 0.5) is 0 Å². The zero-order valence-corrected chi connectivity index (χ0v) is 16.4. The van der Waals surface area contributed by atoms with Crippen LogP contribution in [0.15, 0.2) is 34.9 Å². The molecule has 0 aliphatic carbocycles. The lowest BCUT2D eigenvalue weighted by atomic mass is 9.78. The third-order valence-corrected chi connectivity index (χ3v) is 6.04. The van der Waals surface area contributed by atoms with Gasteiger partial charge in [0.1, 0.15) is 5.69 Å². The van der Waals surface area contributed by atoms with E-state index in [2.05, 4.69) is 53.1 Å². The van der Waals surface area contributed by atoms with Gasteiger partial charge < -0.3 is 9.42 Å². The molecular weight excluding hydrogens is 338 g/mol. The summed E-state index contributed by atoms with van der Waals surface area (Å²) in [6, 6.07) is 10.4. The van der Waals surface area contributed by atoms with Crippen molar-refractivity contribution in [3.63, 3.8) is 0 Å². The van der Waals surface area contributed by atoms with Crippen molar-refractivity contribution in [2.75, 3.05) is 26.2 Å². The lowest BCUT2D eigenvalue weighted by molar-refractivity contribution is -0.145. The molecule has 0 bridgehead atoms. The minimum absolute atomic E-state index is 0.173. The molecule has 0 radical (unpaired) electrons. The Morgan fingerprint density at radius 3 is 2.78 bits per heavy atom. The van der Waals surface area contributed by atoms with Gasteiger partial charge in [0.15, 0.2) is 5.76 Å². The van der Waals surface area contributed by atoms with Gasteiger partial charge >= 0.3 is 0 Å². The molecule has 1 aromatic carbocycles. The minimum atomic E-state index is -0.173. The highest BCUT2D eigenvalue weighted by atomic mass is 16.5. The molecule has 144 valence electrons. The number of piperidine rings is 1. The van der Waals surface area contributed by atoms with Crippen LogP contribution in [-0.2, 0) is 11.3 Å². The van der Waals surface area contributed by atoms with Gasteiger partial charge in [-0.1, -0.05) is 41.9 Å². The van der Waals surface area contributed by atoms with E-state index < -0.39 is 0 Å². The van der Waals surface area contributed by atoms with Crippen LogP contribution in [0.2, 0.25) is 0 Å². The Hall–Kier alpha value is -2.14. The van der Waals surface area contributed by atoms with Gasteiger partial charge in [0.05, 0.1) is 12.0 Å². The fraction of sp³-hybridized carbons (Fsp3) is 0.545. The molecule has 0 saturated carbocycles. The van der Waals surface area contributed by atoms with Crippen molar-refractivity contribution >= 4 is 5.91 Å². The van der Waals surface area contributed by atoms with E-state index in [0.717, 1.165) is 75.4 Å². The molecule has 2 aliphatic heterocycles. The van der Waals surface area contributed by atoms with E-state index in [-0.39, 0.29) is 5.41 Å². The van der Waals surface area contributed by atoms with Crippen molar-refractivity contribution in [1.82, 2.24) is 15.0 Å². The first kappa shape index (κ1) is 18.2. The molecule has 2 fully saturated rings. The van der Waals surface area contributed by atoms with E-state index in [1.54, 1.807) is 0 Å². The molecule has 1 spiro atoms. The van der Waals surface area contributed by atoms with E-state index in [4.69, 9.17) is 4.52 Å². The van der Waals surface area contributed by atoms with Crippen molar-refractivity contribution in [3.05, 3.63) is 41.7 Å². The third-order valence-electron chi connectivity index (χ3n) is 6.04. The Bertz CT molecular complexity index is 796. The summed E-state index contributed by atoms with van der Waals surface area (Å²) < 4.78 is 5.59. The number of carbonyl (C=O) groups is 1. The monoisotopic (exact) mass is 367 g/mol. The fourth-order valence-corrected chi connectivity index (χ4v) is 4.58. The van der Waals surface area contributed by atoms with Crippen LogP contribution in [0.25, 0.3) is 11.3 Å². The van der Waals surface area contributed by atoms with Crippen molar-refractivity contribution in [3.8, 4) is 11.3 Å². The number of hydrogen-bond donors (Lipinski definition) is 0. The summed E-state index contributed by atoms with van der Waals surface area (Å²) in [5.41, 5.74) is 3.01. The van der Waals surface area contributed by atoms with Gasteiger partial charge in [-0.3, -0.25) is 9.69 Å². The van der Waals surface area contributed by atoms with E-state index in [1.807, 2.05) is 6.07 Å². The predicted molar refractivity (Wildman–Crippen MR) is 105 cm³/mol. The number of likely N-dealkylation sites (tertiary alicyclic amines) is 2. The molecule has 2 saturated heterocycles. The van der Waals surface area contributed by atoms with Crippen LogP contribution in [-0.4, -0.2) is 47.0 Å². The van der Waals surface area contributed by atoms with Gasteiger partial charge in [0, 0.05) is 31.3 Å². The molecule has 4 rings (SSSR count). The highest BCUT2D eigenvalue weighted by Gasteiger charge is 2.48. The Labute approximate surface area is 161 Å². The number of aryl methyl sites for hydroxylation is 1. The van der Waals surface area contributed by atoms with Crippen molar-refractivity contribution in [2.24, 2.45) is 5.41 Å². The van der Waals surface area contributed by atoms with Crippen LogP contribution in [0.3, 0.4) is 0 Å². The first-order valence-corrected chi connectivity index (χ1v) is 10.1. The van der Waals surface area contributed by atoms with Gasteiger partial charge in [-0.2, -0.15) is 0 Å². The minimum Gasteiger partial charge on any atom is -0.359 e. The molecule has 5 nitrogen and oxygen atoms in total. The molecule has 1 amide bonds. The maximum Gasteiger partial charge on any atom is 0.230 e. The van der Waals surface area contributed by atoms with Crippen LogP contribution in [0.1, 0.15) is 43.9 Å². The van der Waals surface area contributed by atoms with Gasteiger partial charge in [-0.25, -0.2) is 0 Å². The number of benzene rings is 1. The maximum atomic E-state index is 13.0. The normalized spacial score (nSPS) is 23.5. The molecule has 2 aliphatic rings. The molecule has 0 unspecified atom stereocenters. The fourth-order valence-electron chi connectivity index (χ4n) is 4.58. The highest BCUT2D eigenvalue weighted by Crippen LogP contribution is 2.40. The van der Waals surface area contributed by atoms with Crippen LogP contribution < -0.4 is 0 Å². The summed E-state index contributed by atoms with van der Waals surface area (Å²) >= 11 is 0. The number of carbonyl (C=O) groups excluding carboxylic acids is 1. The lowest BCUT2D eigenvalue weighted by Gasteiger charge is -2.39. The second-order valence-corrected chi connectivity index (χ2v) is 8.18. The van der Waals surface area contributed by atoms with Crippen molar-refractivity contribution in [1.29, 1.82) is 0 Å². The average Bonchev–Trinajstić information content (AvgIpc) is 3.29. The smallest absolute Gasteiger partial charge is 0.230 e. The van der Waals surface area contributed by atoms with Gasteiger partial charge in [-0.15, -0.1) is 0 Å². The molecule has 1 atom stereocenters. The molecule has 27 heavy (non-hydrogen) atoms. The number of hydrogen-bond acceptors (Lipinski definition) is 4. The third kappa shape index (κ3) is 3.65. The summed E-state index contributed by atoms with van der Waals surface area (Å²) in [5, 5.41) is 4.24. The average molecular weight is 367 g/mol. The molecule has 3 heterocycles. The summed E-state index contributed by atoms with van der Waals surface area (Å²) in [7, 11) is 0.